The molecule has 1 fully saturated rings. The lowest BCUT2D eigenvalue weighted by Crippen LogP contribution is -2.37. The number of β-amino-alcohol motifs (C(OH)–C–C–N with tert-alkyl or cyclic N) is 1. The molecule has 3 rings (SSSR count). The number of aromatic amines is 1. The fraction of sp³-hybridized carbons (Fsp3) is 0.500. The maximum absolute atomic E-state index is 12.6. The number of aromatic nitrogens is 2. The number of nitrogens with one attached hydrogen (secondary N) is 1. The average Bonchev–Trinajstić information content (AvgIpc) is 2.86. The Morgan fingerprint density at radius 1 is 1.20 bits per heavy atom. The van der Waals surface area contributed by atoms with Crippen LogP contribution >= 0.6 is 0 Å². The molecular weight excluding hydrogens is 320 g/mol. The van der Waals surface area contributed by atoms with E-state index >= 15 is 0 Å². The zero-order valence-electron chi connectivity index (χ0n) is 14.1. The molecule has 0 aromatic carbocycles. The summed E-state index contributed by atoms with van der Waals surface area (Å²) >= 11 is 0. The Morgan fingerprint density at radius 2 is 1.92 bits per heavy atom. The van der Waals surface area contributed by atoms with Crippen molar-refractivity contribution in [1.82, 2.24) is 14.5 Å². The standard InChI is InChI=1S/C18H22N4O3/c19-10-13-9-15-16(20-17(13)24)5-8-22(18(15)25)12-14(23)11-21-6-3-1-2-4-7-21/h5,8-9,14,23H,1-4,6-7,11-12H2,(H,20,24). The van der Waals surface area contributed by atoms with E-state index in [2.05, 4.69) is 9.88 Å². The summed E-state index contributed by atoms with van der Waals surface area (Å²) in [7, 11) is 0. The highest BCUT2D eigenvalue weighted by Gasteiger charge is 2.15. The van der Waals surface area contributed by atoms with E-state index in [1.165, 1.54) is 23.5 Å². The van der Waals surface area contributed by atoms with Gasteiger partial charge in [-0.25, -0.2) is 0 Å². The van der Waals surface area contributed by atoms with Crippen LogP contribution < -0.4 is 11.1 Å². The molecule has 0 radical (unpaired) electrons. The number of pyridine rings is 2. The highest BCUT2D eigenvalue weighted by molar-refractivity contribution is 5.78. The van der Waals surface area contributed by atoms with E-state index in [1.54, 1.807) is 18.3 Å². The molecule has 0 spiro atoms. The molecule has 25 heavy (non-hydrogen) atoms. The van der Waals surface area contributed by atoms with Gasteiger partial charge >= 0.3 is 0 Å². The van der Waals surface area contributed by atoms with Gasteiger partial charge in [0.05, 0.1) is 23.6 Å². The van der Waals surface area contributed by atoms with Crippen molar-refractivity contribution in [3.05, 3.63) is 44.6 Å². The Kier molecular flexibility index (Phi) is 5.31. The number of hydrogen-bond donors (Lipinski definition) is 2. The molecule has 1 unspecified atom stereocenters. The van der Waals surface area contributed by atoms with Crippen molar-refractivity contribution >= 4 is 10.9 Å². The predicted molar refractivity (Wildman–Crippen MR) is 94.5 cm³/mol. The molecule has 7 heteroatoms. The van der Waals surface area contributed by atoms with Gasteiger partial charge < -0.3 is 19.6 Å². The predicted octanol–water partition coefficient (Wildman–Crippen LogP) is 0.798. The van der Waals surface area contributed by atoms with Crippen LogP contribution in [0, 0.1) is 11.3 Å². The van der Waals surface area contributed by atoms with E-state index in [0.29, 0.717) is 12.1 Å². The summed E-state index contributed by atoms with van der Waals surface area (Å²) < 4.78 is 1.43. The SMILES string of the molecule is N#Cc1cc2c(=O)n(CC(O)CN3CCCCCC3)ccc2[nH]c1=O. The summed E-state index contributed by atoms with van der Waals surface area (Å²) in [4.78, 5) is 29.0. The quantitative estimate of drug-likeness (QED) is 0.855. The van der Waals surface area contributed by atoms with Crippen LogP contribution in [0.5, 0.6) is 0 Å². The number of fused-ring (bicyclic) bond motifs is 1. The maximum Gasteiger partial charge on any atom is 0.266 e. The van der Waals surface area contributed by atoms with Crippen molar-refractivity contribution in [1.29, 1.82) is 5.26 Å². The molecule has 0 saturated carbocycles. The fourth-order valence-corrected chi connectivity index (χ4v) is 3.37. The first-order valence-corrected chi connectivity index (χ1v) is 8.65. The maximum atomic E-state index is 12.6. The van der Waals surface area contributed by atoms with Crippen LogP contribution in [0.4, 0.5) is 0 Å². The normalized spacial score (nSPS) is 17.1. The third kappa shape index (κ3) is 3.98. The molecule has 2 aromatic rings. The third-order valence-corrected chi connectivity index (χ3v) is 4.68. The van der Waals surface area contributed by atoms with E-state index in [1.807, 2.05) is 0 Å². The number of nitriles is 1. The summed E-state index contributed by atoms with van der Waals surface area (Å²) in [5, 5.41) is 19.6. The lowest BCUT2D eigenvalue weighted by molar-refractivity contribution is 0.0989. The lowest BCUT2D eigenvalue weighted by Gasteiger charge is -2.23. The molecule has 0 bridgehead atoms. The van der Waals surface area contributed by atoms with Gasteiger partial charge in [-0.2, -0.15) is 5.26 Å². The second kappa shape index (κ2) is 7.64. The molecule has 0 amide bonds. The molecule has 0 aliphatic carbocycles. The number of H-pyrrole nitrogens is 1. The summed E-state index contributed by atoms with van der Waals surface area (Å²) in [5.41, 5.74) is -0.520. The van der Waals surface area contributed by atoms with Crippen molar-refractivity contribution in [3.63, 3.8) is 0 Å². The van der Waals surface area contributed by atoms with Crippen LogP contribution in [0.3, 0.4) is 0 Å². The monoisotopic (exact) mass is 342 g/mol. The van der Waals surface area contributed by atoms with Gasteiger partial charge in [-0.3, -0.25) is 9.59 Å². The molecule has 1 aliphatic rings. The number of hydrogen-bond acceptors (Lipinski definition) is 5. The minimum absolute atomic E-state index is 0.0903. The first-order chi connectivity index (χ1) is 12.1. The zero-order chi connectivity index (χ0) is 17.8. The molecule has 1 atom stereocenters. The van der Waals surface area contributed by atoms with Crippen LogP contribution in [-0.4, -0.2) is 45.3 Å². The van der Waals surface area contributed by atoms with Gasteiger partial charge in [0.2, 0.25) is 0 Å². The van der Waals surface area contributed by atoms with Gasteiger partial charge in [-0.05, 0) is 38.1 Å². The molecule has 2 N–H and O–H groups in total. The van der Waals surface area contributed by atoms with Crippen molar-refractivity contribution in [2.45, 2.75) is 38.3 Å². The minimum atomic E-state index is -0.647. The summed E-state index contributed by atoms with van der Waals surface area (Å²) in [5.74, 6) is 0. The Labute approximate surface area is 145 Å². The van der Waals surface area contributed by atoms with Crippen LogP contribution in [0.15, 0.2) is 27.9 Å². The Balaban J connectivity index is 1.80. The van der Waals surface area contributed by atoms with Gasteiger partial charge in [0, 0.05) is 12.7 Å². The molecule has 1 saturated heterocycles. The van der Waals surface area contributed by atoms with E-state index < -0.39 is 11.7 Å². The van der Waals surface area contributed by atoms with Crippen molar-refractivity contribution in [2.75, 3.05) is 19.6 Å². The van der Waals surface area contributed by atoms with E-state index in [0.717, 1.165) is 25.9 Å². The minimum Gasteiger partial charge on any atom is -0.390 e. The number of nitrogens with zero attached hydrogens (tertiary/aromatic N) is 3. The molecule has 3 heterocycles. The second-order valence-electron chi connectivity index (χ2n) is 6.59. The van der Waals surface area contributed by atoms with Crippen LogP contribution in [0.25, 0.3) is 10.9 Å². The molecule has 132 valence electrons. The van der Waals surface area contributed by atoms with Crippen LogP contribution in [-0.2, 0) is 6.54 Å². The van der Waals surface area contributed by atoms with E-state index in [4.69, 9.17) is 5.26 Å². The Morgan fingerprint density at radius 3 is 2.60 bits per heavy atom. The Hall–Kier alpha value is -2.43. The smallest absolute Gasteiger partial charge is 0.266 e. The summed E-state index contributed by atoms with van der Waals surface area (Å²) in [6.07, 6.45) is 5.68. The van der Waals surface area contributed by atoms with Gasteiger partial charge in [0.15, 0.2) is 0 Å². The molecule has 7 nitrogen and oxygen atoms in total. The second-order valence-corrected chi connectivity index (χ2v) is 6.59. The average molecular weight is 342 g/mol. The molecule has 1 aliphatic heterocycles. The van der Waals surface area contributed by atoms with E-state index in [-0.39, 0.29) is 23.1 Å². The van der Waals surface area contributed by atoms with E-state index in [9.17, 15) is 14.7 Å². The van der Waals surface area contributed by atoms with Gasteiger partial charge in [-0.15, -0.1) is 0 Å². The summed E-state index contributed by atoms with van der Waals surface area (Å²) in [6.45, 7) is 2.69. The number of aliphatic hydroxyl groups excluding tert-OH is 1. The zero-order valence-corrected chi connectivity index (χ0v) is 14.1. The van der Waals surface area contributed by atoms with Gasteiger partial charge in [0.1, 0.15) is 11.6 Å². The first-order valence-electron chi connectivity index (χ1n) is 8.65. The highest BCUT2D eigenvalue weighted by Crippen LogP contribution is 2.11. The van der Waals surface area contributed by atoms with Gasteiger partial charge in [0.25, 0.3) is 11.1 Å². The van der Waals surface area contributed by atoms with Crippen LogP contribution in [0.1, 0.15) is 31.2 Å². The van der Waals surface area contributed by atoms with Crippen LogP contribution in [0.2, 0.25) is 0 Å². The molecule has 2 aromatic heterocycles. The highest BCUT2D eigenvalue weighted by atomic mass is 16.3. The third-order valence-electron chi connectivity index (χ3n) is 4.68. The largest absolute Gasteiger partial charge is 0.390 e. The lowest BCUT2D eigenvalue weighted by atomic mass is 10.2. The first kappa shape index (κ1) is 17.4. The van der Waals surface area contributed by atoms with Crippen molar-refractivity contribution in [3.8, 4) is 6.07 Å². The number of likely N-dealkylation sites (tertiary alicyclic amines) is 1. The van der Waals surface area contributed by atoms with Crippen molar-refractivity contribution < 1.29 is 5.11 Å². The van der Waals surface area contributed by atoms with Crippen molar-refractivity contribution in [2.24, 2.45) is 0 Å². The fourth-order valence-electron chi connectivity index (χ4n) is 3.37. The number of aliphatic hydroxyl groups is 1. The van der Waals surface area contributed by atoms with Gasteiger partial charge in [-0.1, -0.05) is 12.8 Å². The number of rotatable bonds is 4. The molecular formula is C18H22N4O3. The topological polar surface area (TPSA) is 102 Å². The Bertz CT molecular complexity index is 901. The summed E-state index contributed by atoms with van der Waals surface area (Å²) in [6, 6.07) is 4.72.